The molecular formula is C15H33N3O2. The van der Waals surface area contributed by atoms with Gasteiger partial charge in [0, 0.05) is 0 Å². The lowest BCUT2D eigenvalue weighted by Gasteiger charge is -2.25. The van der Waals surface area contributed by atoms with Crippen molar-refractivity contribution in [2.45, 2.75) is 52.5 Å². The van der Waals surface area contributed by atoms with E-state index in [-0.39, 0.29) is 0 Å². The van der Waals surface area contributed by atoms with Crippen molar-refractivity contribution >= 4 is 5.97 Å². The van der Waals surface area contributed by atoms with Crippen LogP contribution < -0.4 is 5.73 Å². The minimum Gasteiger partial charge on any atom is -0.480 e. The van der Waals surface area contributed by atoms with Crippen molar-refractivity contribution in [3.8, 4) is 0 Å². The average Bonchev–Trinajstić information content (AvgIpc) is 2.41. The fraction of sp³-hybridized carbons (Fsp3) is 0.933. The van der Waals surface area contributed by atoms with E-state index in [4.69, 9.17) is 10.8 Å². The number of rotatable bonds is 12. The fourth-order valence-electron chi connectivity index (χ4n) is 2.26. The Hall–Kier alpha value is -0.650. The van der Waals surface area contributed by atoms with Crippen molar-refractivity contribution in [2.75, 3.05) is 39.3 Å². The number of aliphatic carboxylic acids is 1. The summed E-state index contributed by atoms with van der Waals surface area (Å²) in [5.41, 5.74) is 4.64. The number of nitrogens with two attached hydrogens (primary N) is 1. The van der Waals surface area contributed by atoms with Crippen LogP contribution in [0.5, 0.6) is 0 Å². The average molecular weight is 287 g/mol. The summed E-state index contributed by atoms with van der Waals surface area (Å²) in [6.45, 7) is 14.5. The first kappa shape index (κ1) is 19.4. The smallest absolute Gasteiger partial charge is 0.323 e. The van der Waals surface area contributed by atoms with Gasteiger partial charge in [0.05, 0.1) is 0 Å². The molecule has 0 radical (unpaired) electrons. The van der Waals surface area contributed by atoms with Gasteiger partial charge < -0.3 is 20.6 Å². The lowest BCUT2D eigenvalue weighted by molar-refractivity contribution is -0.142. The van der Waals surface area contributed by atoms with Crippen LogP contribution in [0.1, 0.15) is 47.0 Å². The summed E-state index contributed by atoms with van der Waals surface area (Å²) in [5.74, 6) is -0.915. The van der Waals surface area contributed by atoms with Crippen molar-refractivity contribution in [3.05, 3.63) is 0 Å². The van der Waals surface area contributed by atoms with Crippen LogP contribution >= 0.6 is 0 Å². The molecule has 0 aliphatic carbocycles. The van der Waals surface area contributed by atoms with E-state index in [0.717, 1.165) is 52.1 Å². The molecule has 0 aromatic rings. The lowest BCUT2D eigenvalue weighted by Crippen LogP contribution is -2.45. The fourth-order valence-corrected chi connectivity index (χ4v) is 2.26. The van der Waals surface area contributed by atoms with Crippen LogP contribution in [0, 0.1) is 0 Å². The van der Waals surface area contributed by atoms with Crippen LogP contribution in [0.15, 0.2) is 0 Å². The SMILES string of the molecule is CCN(CC)CCCN(CC)CCCC(C)(N)C(=O)O. The summed E-state index contributed by atoms with van der Waals surface area (Å²) in [7, 11) is 0. The quantitative estimate of drug-likeness (QED) is 0.571. The maximum Gasteiger partial charge on any atom is 0.323 e. The Bertz CT molecular complexity index is 266. The van der Waals surface area contributed by atoms with Gasteiger partial charge in [-0.2, -0.15) is 0 Å². The van der Waals surface area contributed by atoms with E-state index in [2.05, 4.69) is 30.6 Å². The van der Waals surface area contributed by atoms with Gasteiger partial charge in [-0.1, -0.05) is 20.8 Å². The Morgan fingerprint density at radius 3 is 1.90 bits per heavy atom. The number of hydrogen-bond donors (Lipinski definition) is 2. The molecule has 5 heteroatoms. The molecule has 1 unspecified atom stereocenters. The zero-order chi connectivity index (χ0) is 15.6. The van der Waals surface area contributed by atoms with Crippen molar-refractivity contribution in [1.82, 2.24) is 9.80 Å². The van der Waals surface area contributed by atoms with E-state index in [1.807, 2.05) is 0 Å². The third-order valence-electron chi connectivity index (χ3n) is 3.95. The normalized spacial score (nSPS) is 14.8. The number of carboxylic acids is 1. The largest absolute Gasteiger partial charge is 0.480 e. The van der Waals surface area contributed by atoms with Crippen molar-refractivity contribution < 1.29 is 9.90 Å². The van der Waals surface area contributed by atoms with Crippen molar-refractivity contribution in [1.29, 1.82) is 0 Å². The van der Waals surface area contributed by atoms with Gasteiger partial charge in [-0.15, -0.1) is 0 Å². The molecule has 20 heavy (non-hydrogen) atoms. The van der Waals surface area contributed by atoms with Gasteiger partial charge in [-0.3, -0.25) is 4.79 Å². The highest BCUT2D eigenvalue weighted by Gasteiger charge is 2.27. The standard InChI is InChI=1S/C15H33N3O2/c1-5-17(6-2)12-9-13-18(7-3)11-8-10-15(4,16)14(19)20/h5-13,16H2,1-4H3,(H,19,20). The van der Waals surface area contributed by atoms with Gasteiger partial charge in [0.1, 0.15) is 5.54 Å². The Labute approximate surface area is 124 Å². The zero-order valence-electron chi connectivity index (χ0n) is 13.7. The molecule has 0 rings (SSSR count). The van der Waals surface area contributed by atoms with Crippen molar-refractivity contribution in [3.63, 3.8) is 0 Å². The van der Waals surface area contributed by atoms with Gasteiger partial charge in [-0.05, 0) is 65.5 Å². The molecule has 120 valence electrons. The molecule has 0 amide bonds. The molecule has 0 spiro atoms. The molecule has 0 saturated carbocycles. The molecule has 3 N–H and O–H groups in total. The summed E-state index contributed by atoms with van der Waals surface area (Å²) < 4.78 is 0. The Kier molecular flexibility index (Phi) is 9.80. The van der Waals surface area contributed by atoms with Crippen LogP contribution in [-0.4, -0.2) is 65.7 Å². The van der Waals surface area contributed by atoms with Gasteiger partial charge >= 0.3 is 5.97 Å². The van der Waals surface area contributed by atoms with Crippen LogP contribution in [0.3, 0.4) is 0 Å². The van der Waals surface area contributed by atoms with Gasteiger partial charge in [-0.25, -0.2) is 0 Å². The molecule has 0 aliphatic heterocycles. The number of carbonyl (C=O) groups is 1. The number of hydrogen-bond acceptors (Lipinski definition) is 4. The topological polar surface area (TPSA) is 69.8 Å². The monoisotopic (exact) mass is 287 g/mol. The van der Waals surface area contributed by atoms with Crippen molar-refractivity contribution in [2.24, 2.45) is 5.73 Å². The molecule has 0 saturated heterocycles. The van der Waals surface area contributed by atoms with E-state index >= 15 is 0 Å². The molecular weight excluding hydrogens is 254 g/mol. The molecule has 0 aliphatic rings. The van der Waals surface area contributed by atoms with E-state index < -0.39 is 11.5 Å². The first-order valence-corrected chi connectivity index (χ1v) is 7.84. The number of carboxylic acid groups (broad SMARTS) is 1. The summed E-state index contributed by atoms with van der Waals surface area (Å²) in [6.07, 6.45) is 2.52. The highest BCUT2D eigenvalue weighted by atomic mass is 16.4. The third-order valence-corrected chi connectivity index (χ3v) is 3.95. The molecule has 0 heterocycles. The lowest BCUT2D eigenvalue weighted by atomic mass is 9.97. The van der Waals surface area contributed by atoms with E-state index in [9.17, 15) is 4.79 Å². The summed E-state index contributed by atoms with van der Waals surface area (Å²) in [4.78, 5) is 15.7. The minimum absolute atomic E-state index is 0.523. The third kappa shape index (κ3) is 7.82. The maximum atomic E-state index is 10.9. The minimum atomic E-state index is -1.10. The van der Waals surface area contributed by atoms with E-state index in [1.165, 1.54) is 0 Å². The number of nitrogens with zero attached hydrogens (tertiary/aromatic N) is 2. The van der Waals surface area contributed by atoms with E-state index in [0.29, 0.717) is 6.42 Å². The molecule has 0 fully saturated rings. The highest BCUT2D eigenvalue weighted by molar-refractivity contribution is 5.77. The van der Waals surface area contributed by atoms with E-state index in [1.54, 1.807) is 6.92 Å². The second-order valence-corrected chi connectivity index (χ2v) is 5.64. The molecule has 5 nitrogen and oxygen atoms in total. The summed E-state index contributed by atoms with van der Waals surface area (Å²) in [5, 5.41) is 8.98. The zero-order valence-corrected chi connectivity index (χ0v) is 13.7. The second kappa shape index (κ2) is 10.1. The Morgan fingerprint density at radius 2 is 1.45 bits per heavy atom. The van der Waals surface area contributed by atoms with Gasteiger partial charge in [0.2, 0.25) is 0 Å². The molecule has 1 atom stereocenters. The maximum absolute atomic E-state index is 10.9. The molecule has 0 bridgehead atoms. The predicted octanol–water partition coefficient (Wildman–Crippen LogP) is 1.62. The Morgan fingerprint density at radius 1 is 1.00 bits per heavy atom. The van der Waals surface area contributed by atoms with Gasteiger partial charge in [0.15, 0.2) is 0 Å². The summed E-state index contributed by atoms with van der Waals surface area (Å²) in [6, 6.07) is 0. The summed E-state index contributed by atoms with van der Waals surface area (Å²) >= 11 is 0. The Balaban J connectivity index is 3.90. The predicted molar refractivity (Wildman–Crippen MR) is 84.0 cm³/mol. The van der Waals surface area contributed by atoms with Crippen LogP contribution in [-0.2, 0) is 4.79 Å². The highest BCUT2D eigenvalue weighted by Crippen LogP contribution is 2.10. The van der Waals surface area contributed by atoms with Crippen LogP contribution in [0.4, 0.5) is 0 Å². The van der Waals surface area contributed by atoms with Crippen LogP contribution in [0.2, 0.25) is 0 Å². The first-order valence-electron chi connectivity index (χ1n) is 7.84. The molecule has 0 aromatic heterocycles. The van der Waals surface area contributed by atoms with Crippen LogP contribution in [0.25, 0.3) is 0 Å². The first-order chi connectivity index (χ1) is 9.37. The second-order valence-electron chi connectivity index (χ2n) is 5.64. The van der Waals surface area contributed by atoms with Gasteiger partial charge in [0.25, 0.3) is 0 Å². The molecule has 0 aromatic carbocycles.